The fraction of sp³-hybridized carbons (Fsp3) is 0.364. The highest BCUT2D eigenvalue weighted by Crippen LogP contribution is 2.27. The maximum atomic E-state index is 10.8. The Hall–Kier alpha value is -2.19. The van der Waals surface area contributed by atoms with Crippen LogP contribution in [0.5, 0.6) is 0 Å². The lowest BCUT2D eigenvalue weighted by atomic mass is 10.3. The molecule has 1 heterocycles. The van der Waals surface area contributed by atoms with Crippen LogP contribution in [0.1, 0.15) is 0 Å². The van der Waals surface area contributed by atoms with Crippen LogP contribution < -0.4 is 5.32 Å². The zero-order valence-electron chi connectivity index (χ0n) is 10.2. The Bertz CT molecular complexity index is 583. The van der Waals surface area contributed by atoms with Gasteiger partial charge in [0.25, 0.3) is 11.7 Å². The van der Waals surface area contributed by atoms with E-state index in [0.717, 1.165) is 0 Å². The fourth-order valence-corrected chi connectivity index (χ4v) is 1.61. The quantitative estimate of drug-likeness (QED) is 0.596. The van der Waals surface area contributed by atoms with E-state index in [1.807, 2.05) is 0 Å². The van der Waals surface area contributed by atoms with Crippen molar-refractivity contribution >= 4 is 22.8 Å². The van der Waals surface area contributed by atoms with Crippen molar-refractivity contribution in [2.24, 2.45) is 0 Å². The van der Waals surface area contributed by atoms with Gasteiger partial charge in [-0.15, -0.1) is 0 Å². The molecule has 1 unspecified atom stereocenters. The topological polar surface area (TPSA) is 111 Å². The number of nitro benzene ring substituents is 1. The molecule has 19 heavy (non-hydrogen) atoms. The summed E-state index contributed by atoms with van der Waals surface area (Å²) < 4.78 is 10.1. The first-order valence-corrected chi connectivity index (χ1v) is 5.56. The molecule has 1 aromatic carbocycles. The van der Waals surface area contributed by atoms with Gasteiger partial charge in [-0.05, 0) is 6.07 Å². The number of hydrogen-bond donors (Lipinski definition) is 2. The first-order chi connectivity index (χ1) is 9.11. The molecular weight excluding hydrogens is 254 g/mol. The Morgan fingerprint density at radius 1 is 1.63 bits per heavy atom. The zero-order valence-corrected chi connectivity index (χ0v) is 10.2. The van der Waals surface area contributed by atoms with Crippen molar-refractivity contribution in [1.29, 1.82) is 0 Å². The Morgan fingerprint density at radius 2 is 2.42 bits per heavy atom. The Balaban J connectivity index is 2.17. The van der Waals surface area contributed by atoms with E-state index in [4.69, 9.17) is 9.15 Å². The van der Waals surface area contributed by atoms with E-state index in [2.05, 4.69) is 10.3 Å². The number of fused-ring (bicyclic) bond motifs is 1. The van der Waals surface area contributed by atoms with Gasteiger partial charge in [-0.3, -0.25) is 10.1 Å². The van der Waals surface area contributed by atoms with Gasteiger partial charge in [0, 0.05) is 19.7 Å². The molecule has 0 aliphatic heterocycles. The normalized spacial score (nSPS) is 12.5. The molecule has 8 heteroatoms. The van der Waals surface area contributed by atoms with Gasteiger partial charge in [0.1, 0.15) is 0 Å². The number of nitrogens with zero attached hydrogens (tertiary/aromatic N) is 2. The van der Waals surface area contributed by atoms with Gasteiger partial charge in [0.15, 0.2) is 11.1 Å². The Labute approximate surface area is 108 Å². The second-order valence-electron chi connectivity index (χ2n) is 3.89. The number of ether oxygens (including phenoxy) is 1. The maximum Gasteiger partial charge on any atom is 0.298 e. The van der Waals surface area contributed by atoms with Crippen LogP contribution in [0.25, 0.3) is 11.1 Å². The van der Waals surface area contributed by atoms with Crippen LogP contribution in [-0.2, 0) is 4.74 Å². The molecule has 0 radical (unpaired) electrons. The second-order valence-corrected chi connectivity index (χ2v) is 3.89. The maximum absolute atomic E-state index is 10.8. The number of rotatable bonds is 6. The molecule has 0 aliphatic rings. The van der Waals surface area contributed by atoms with Crippen LogP contribution in [-0.4, -0.2) is 41.4 Å². The third kappa shape index (κ3) is 2.98. The molecule has 2 N–H and O–H groups in total. The fourth-order valence-electron chi connectivity index (χ4n) is 1.61. The number of aliphatic hydroxyl groups is 1. The largest absolute Gasteiger partial charge is 0.423 e. The van der Waals surface area contributed by atoms with Gasteiger partial charge in [-0.1, -0.05) is 6.07 Å². The minimum absolute atomic E-state index is 0.119. The van der Waals surface area contributed by atoms with Crippen molar-refractivity contribution in [3.8, 4) is 0 Å². The number of hydrogen-bond acceptors (Lipinski definition) is 7. The molecule has 0 spiro atoms. The number of aliphatic hydroxyl groups excluding tert-OH is 1. The summed E-state index contributed by atoms with van der Waals surface area (Å²) in [4.78, 5) is 14.3. The summed E-state index contributed by atoms with van der Waals surface area (Å²) >= 11 is 0. The van der Waals surface area contributed by atoms with Crippen molar-refractivity contribution in [3.05, 3.63) is 28.3 Å². The first kappa shape index (κ1) is 13.2. The number of nitrogens with one attached hydrogen (secondary N) is 1. The summed E-state index contributed by atoms with van der Waals surface area (Å²) in [6, 6.07) is 4.59. The molecule has 1 aromatic heterocycles. The van der Waals surface area contributed by atoms with Crippen molar-refractivity contribution in [3.63, 3.8) is 0 Å². The van der Waals surface area contributed by atoms with Crippen LogP contribution in [0.2, 0.25) is 0 Å². The van der Waals surface area contributed by atoms with Gasteiger partial charge in [0.05, 0.1) is 17.6 Å². The zero-order chi connectivity index (χ0) is 13.8. The second kappa shape index (κ2) is 5.63. The Kier molecular flexibility index (Phi) is 3.93. The van der Waals surface area contributed by atoms with Crippen LogP contribution in [0, 0.1) is 10.1 Å². The SMILES string of the molecule is COCC(O)CNc1nc2c([N+](=O)[O-])cccc2o1. The molecule has 102 valence electrons. The predicted octanol–water partition coefficient (Wildman–Crippen LogP) is 1.16. The number of benzene rings is 1. The third-order valence-corrected chi connectivity index (χ3v) is 2.44. The molecule has 2 aromatic rings. The van der Waals surface area contributed by atoms with Crippen LogP contribution >= 0.6 is 0 Å². The molecule has 8 nitrogen and oxygen atoms in total. The monoisotopic (exact) mass is 267 g/mol. The number of oxazole rings is 1. The van der Waals surface area contributed by atoms with Crippen molar-refractivity contribution in [2.75, 3.05) is 25.6 Å². The van der Waals surface area contributed by atoms with Crippen molar-refractivity contribution < 1.29 is 19.2 Å². The predicted molar refractivity (Wildman–Crippen MR) is 67.0 cm³/mol. The molecule has 0 amide bonds. The summed E-state index contributed by atoms with van der Waals surface area (Å²) in [6.07, 6.45) is -0.713. The Morgan fingerprint density at radius 3 is 3.11 bits per heavy atom. The highest BCUT2D eigenvalue weighted by Gasteiger charge is 2.17. The lowest BCUT2D eigenvalue weighted by Crippen LogP contribution is -2.24. The summed E-state index contributed by atoms with van der Waals surface area (Å²) in [5.41, 5.74) is 0.376. The van der Waals surface area contributed by atoms with Crippen molar-refractivity contribution in [1.82, 2.24) is 4.98 Å². The minimum Gasteiger partial charge on any atom is -0.423 e. The molecular formula is C11H13N3O5. The first-order valence-electron chi connectivity index (χ1n) is 5.56. The lowest BCUT2D eigenvalue weighted by Gasteiger charge is -2.08. The van der Waals surface area contributed by atoms with Gasteiger partial charge in [-0.2, -0.15) is 4.98 Å². The van der Waals surface area contributed by atoms with Gasteiger partial charge >= 0.3 is 0 Å². The molecule has 2 rings (SSSR count). The van der Waals surface area contributed by atoms with Gasteiger partial charge < -0.3 is 19.6 Å². The summed E-state index contributed by atoms with van der Waals surface area (Å²) in [7, 11) is 1.48. The van der Waals surface area contributed by atoms with Crippen LogP contribution in [0.4, 0.5) is 11.7 Å². The van der Waals surface area contributed by atoms with E-state index in [-0.39, 0.29) is 30.4 Å². The van der Waals surface area contributed by atoms with E-state index < -0.39 is 11.0 Å². The number of methoxy groups -OCH3 is 1. The number of anilines is 1. The number of aromatic nitrogens is 1. The lowest BCUT2D eigenvalue weighted by molar-refractivity contribution is -0.383. The van der Waals surface area contributed by atoms with E-state index >= 15 is 0 Å². The summed E-state index contributed by atoms with van der Waals surface area (Å²) in [5.74, 6) is 0. The minimum atomic E-state index is -0.713. The number of nitro groups is 1. The molecule has 0 fully saturated rings. The number of para-hydroxylation sites is 1. The standard InChI is InChI=1S/C11H13N3O5/c1-18-6-7(15)5-12-11-13-10-8(14(16)17)3-2-4-9(10)19-11/h2-4,7,15H,5-6H2,1H3,(H,12,13). The molecule has 0 bridgehead atoms. The highest BCUT2D eigenvalue weighted by molar-refractivity contribution is 5.83. The van der Waals surface area contributed by atoms with E-state index in [0.29, 0.717) is 5.58 Å². The molecule has 1 atom stereocenters. The highest BCUT2D eigenvalue weighted by atomic mass is 16.6. The van der Waals surface area contributed by atoms with Gasteiger partial charge in [-0.25, -0.2) is 0 Å². The molecule has 0 aliphatic carbocycles. The summed E-state index contributed by atoms with van der Waals surface area (Å²) in [5, 5.41) is 23.0. The third-order valence-electron chi connectivity index (χ3n) is 2.44. The van der Waals surface area contributed by atoms with Gasteiger partial charge in [0.2, 0.25) is 0 Å². The van der Waals surface area contributed by atoms with Crippen LogP contribution in [0.15, 0.2) is 22.6 Å². The van der Waals surface area contributed by atoms with Crippen LogP contribution in [0.3, 0.4) is 0 Å². The van der Waals surface area contributed by atoms with E-state index in [9.17, 15) is 15.2 Å². The molecule has 0 saturated heterocycles. The summed E-state index contributed by atoms with van der Waals surface area (Å²) in [6.45, 7) is 0.349. The van der Waals surface area contributed by atoms with E-state index in [1.54, 1.807) is 6.07 Å². The number of non-ortho nitro benzene ring substituents is 1. The average Bonchev–Trinajstić information content (AvgIpc) is 2.79. The van der Waals surface area contributed by atoms with Crippen molar-refractivity contribution in [2.45, 2.75) is 6.10 Å². The molecule has 0 saturated carbocycles. The average molecular weight is 267 g/mol. The smallest absolute Gasteiger partial charge is 0.298 e. The van der Waals surface area contributed by atoms with E-state index in [1.165, 1.54) is 19.2 Å².